The molecule has 1 aromatic carbocycles. The first-order chi connectivity index (χ1) is 9.69. The van der Waals surface area contributed by atoms with Crippen LogP contribution >= 0.6 is 0 Å². The molecule has 0 amide bonds. The molecule has 2 N–H and O–H groups in total. The Hall–Kier alpha value is -1.55. The van der Waals surface area contributed by atoms with Gasteiger partial charge in [-0.15, -0.1) is 0 Å². The number of benzene rings is 1. The monoisotopic (exact) mass is 273 g/mol. The largest absolute Gasteiger partial charge is 0.380 e. The van der Waals surface area contributed by atoms with Crippen LogP contribution in [0.1, 0.15) is 33.6 Å². The lowest BCUT2D eigenvalue weighted by atomic mass is 9.61. The molecule has 2 aromatic rings. The SMILES string of the molecule is CCOC1CC(Nc2cccc3cn[nH]c23)C1(C)CC. The highest BCUT2D eigenvalue weighted by Gasteiger charge is 2.51. The summed E-state index contributed by atoms with van der Waals surface area (Å²) in [6.07, 6.45) is 4.43. The summed E-state index contributed by atoms with van der Waals surface area (Å²) in [4.78, 5) is 0. The fourth-order valence-electron chi connectivity index (χ4n) is 3.25. The summed E-state index contributed by atoms with van der Waals surface area (Å²) >= 11 is 0. The van der Waals surface area contributed by atoms with Gasteiger partial charge >= 0.3 is 0 Å². The van der Waals surface area contributed by atoms with Crippen molar-refractivity contribution in [3.05, 3.63) is 24.4 Å². The van der Waals surface area contributed by atoms with Crippen molar-refractivity contribution in [2.45, 2.75) is 45.8 Å². The van der Waals surface area contributed by atoms with Crippen LogP contribution in [0.15, 0.2) is 24.4 Å². The maximum atomic E-state index is 5.86. The number of anilines is 1. The number of rotatable bonds is 5. The van der Waals surface area contributed by atoms with E-state index < -0.39 is 0 Å². The predicted molar refractivity (Wildman–Crippen MR) is 81.9 cm³/mol. The van der Waals surface area contributed by atoms with Crippen molar-refractivity contribution in [3.8, 4) is 0 Å². The zero-order valence-corrected chi connectivity index (χ0v) is 12.4. The number of para-hydroxylation sites is 1. The van der Waals surface area contributed by atoms with Crippen LogP contribution in [0.4, 0.5) is 5.69 Å². The van der Waals surface area contributed by atoms with Crippen LogP contribution in [-0.2, 0) is 4.74 Å². The van der Waals surface area contributed by atoms with E-state index in [0.717, 1.165) is 36.0 Å². The molecule has 3 unspecified atom stereocenters. The molecule has 1 heterocycles. The lowest BCUT2D eigenvalue weighted by molar-refractivity contribution is -0.109. The Morgan fingerprint density at radius 1 is 1.45 bits per heavy atom. The number of H-pyrrole nitrogens is 1. The fourth-order valence-corrected chi connectivity index (χ4v) is 3.25. The molecule has 0 radical (unpaired) electrons. The molecule has 0 spiro atoms. The summed E-state index contributed by atoms with van der Waals surface area (Å²) in [6, 6.07) is 6.72. The van der Waals surface area contributed by atoms with Crippen LogP contribution in [0.25, 0.3) is 10.9 Å². The van der Waals surface area contributed by atoms with E-state index in [1.54, 1.807) is 0 Å². The maximum Gasteiger partial charge on any atom is 0.0881 e. The van der Waals surface area contributed by atoms with Gasteiger partial charge in [-0.2, -0.15) is 5.10 Å². The lowest BCUT2D eigenvalue weighted by Gasteiger charge is -2.54. The van der Waals surface area contributed by atoms with E-state index in [-0.39, 0.29) is 5.41 Å². The molecule has 1 saturated carbocycles. The van der Waals surface area contributed by atoms with Crippen molar-refractivity contribution in [1.82, 2.24) is 10.2 Å². The zero-order chi connectivity index (χ0) is 14.2. The second-order valence-corrected chi connectivity index (χ2v) is 5.88. The number of ether oxygens (including phenoxy) is 1. The molecule has 20 heavy (non-hydrogen) atoms. The molecule has 3 rings (SSSR count). The number of aromatic amines is 1. The van der Waals surface area contributed by atoms with E-state index in [9.17, 15) is 0 Å². The van der Waals surface area contributed by atoms with Crippen LogP contribution < -0.4 is 5.32 Å². The van der Waals surface area contributed by atoms with Gasteiger partial charge in [-0.25, -0.2) is 0 Å². The Morgan fingerprint density at radius 3 is 3.05 bits per heavy atom. The van der Waals surface area contributed by atoms with E-state index in [1.807, 2.05) is 6.20 Å². The first-order valence-corrected chi connectivity index (χ1v) is 7.49. The van der Waals surface area contributed by atoms with Gasteiger partial charge in [0.05, 0.1) is 23.5 Å². The molecule has 0 bridgehead atoms. The average Bonchev–Trinajstić information content (AvgIpc) is 2.94. The highest BCUT2D eigenvalue weighted by Crippen LogP contribution is 2.47. The number of aromatic nitrogens is 2. The second kappa shape index (κ2) is 5.09. The quantitative estimate of drug-likeness (QED) is 0.875. The molecular weight excluding hydrogens is 250 g/mol. The Labute approximate surface area is 119 Å². The smallest absolute Gasteiger partial charge is 0.0881 e. The third-order valence-electron chi connectivity index (χ3n) is 4.92. The van der Waals surface area contributed by atoms with Crippen LogP contribution in [0.3, 0.4) is 0 Å². The van der Waals surface area contributed by atoms with Crippen molar-refractivity contribution in [2.75, 3.05) is 11.9 Å². The Bertz CT molecular complexity index is 594. The van der Waals surface area contributed by atoms with Crippen molar-refractivity contribution in [3.63, 3.8) is 0 Å². The minimum absolute atomic E-state index is 0.207. The van der Waals surface area contributed by atoms with E-state index in [0.29, 0.717) is 12.1 Å². The normalized spacial score (nSPS) is 29.4. The number of nitrogens with one attached hydrogen (secondary N) is 2. The van der Waals surface area contributed by atoms with Crippen LogP contribution in [0.5, 0.6) is 0 Å². The van der Waals surface area contributed by atoms with Crippen molar-refractivity contribution in [2.24, 2.45) is 5.41 Å². The third-order valence-corrected chi connectivity index (χ3v) is 4.92. The molecule has 1 fully saturated rings. The first kappa shape index (κ1) is 13.4. The van der Waals surface area contributed by atoms with Gasteiger partial charge in [0.1, 0.15) is 0 Å². The minimum atomic E-state index is 0.207. The van der Waals surface area contributed by atoms with Crippen molar-refractivity contribution in [1.29, 1.82) is 0 Å². The number of hydrogen-bond acceptors (Lipinski definition) is 3. The van der Waals surface area contributed by atoms with Gasteiger partial charge in [0.2, 0.25) is 0 Å². The van der Waals surface area contributed by atoms with Gasteiger partial charge in [-0.3, -0.25) is 5.10 Å². The summed E-state index contributed by atoms with van der Waals surface area (Å²) in [7, 11) is 0. The third kappa shape index (κ3) is 1.99. The van der Waals surface area contributed by atoms with Gasteiger partial charge < -0.3 is 10.1 Å². The Kier molecular flexibility index (Phi) is 3.42. The molecule has 1 aliphatic rings. The maximum absolute atomic E-state index is 5.86. The topological polar surface area (TPSA) is 49.9 Å². The number of fused-ring (bicyclic) bond motifs is 1. The van der Waals surface area contributed by atoms with E-state index in [1.165, 1.54) is 0 Å². The van der Waals surface area contributed by atoms with E-state index >= 15 is 0 Å². The first-order valence-electron chi connectivity index (χ1n) is 7.49. The highest BCUT2D eigenvalue weighted by atomic mass is 16.5. The Balaban J connectivity index is 1.80. The molecule has 4 nitrogen and oxygen atoms in total. The zero-order valence-electron chi connectivity index (χ0n) is 12.4. The van der Waals surface area contributed by atoms with Gasteiger partial charge in [0, 0.05) is 23.4 Å². The molecule has 0 aliphatic heterocycles. The van der Waals surface area contributed by atoms with Crippen LogP contribution in [-0.4, -0.2) is 29.0 Å². The fraction of sp³-hybridized carbons (Fsp3) is 0.562. The summed E-state index contributed by atoms with van der Waals surface area (Å²) < 4.78 is 5.86. The van der Waals surface area contributed by atoms with Crippen LogP contribution in [0, 0.1) is 5.41 Å². The standard InChI is InChI=1S/C16H23N3O/c1-4-16(3)13(9-14(16)20-5-2)18-12-8-6-7-11-10-17-19-15(11)12/h6-8,10,13-14,18H,4-5,9H2,1-3H3,(H,17,19). The van der Waals surface area contributed by atoms with E-state index in [4.69, 9.17) is 4.74 Å². The van der Waals surface area contributed by atoms with E-state index in [2.05, 4.69) is 54.5 Å². The average molecular weight is 273 g/mol. The highest BCUT2D eigenvalue weighted by molar-refractivity contribution is 5.90. The van der Waals surface area contributed by atoms with Gasteiger partial charge in [0.15, 0.2) is 0 Å². The second-order valence-electron chi connectivity index (χ2n) is 5.88. The molecule has 3 atom stereocenters. The molecule has 4 heteroatoms. The van der Waals surface area contributed by atoms with Gasteiger partial charge in [-0.05, 0) is 25.8 Å². The molecule has 0 saturated heterocycles. The van der Waals surface area contributed by atoms with Gasteiger partial charge in [-0.1, -0.05) is 26.0 Å². The lowest BCUT2D eigenvalue weighted by Crippen LogP contribution is -2.59. The Morgan fingerprint density at radius 2 is 2.30 bits per heavy atom. The summed E-state index contributed by atoms with van der Waals surface area (Å²) in [6.45, 7) is 7.43. The summed E-state index contributed by atoms with van der Waals surface area (Å²) in [5, 5.41) is 12.0. The number of nitrogens with zero attached hydrogens (tertiary/aromatic N) is 1. The minimum Gasteiger partial charge on any atom is -0.380 e. The summed E-state index contributed by atoms with van der Waals surface area (Å²) in [5.74, 6) is 0. The number of hydrogen-bond donors (Lipinski definition) is 2. The van der Waals surface area contributed by atoms with Gasteiger partial charge in [0.25, 0.3) is 0 Å². The van der Waals surface area contributed by atoms with Crippen molar-refractivity contribution < 1.29 is 4.74 Å². The summed E-state index contributed by atoms with van der Waals surface area (Å²) in [5.41, 5.74) is 2.43. The molecular formula is C16H23N3O. The van der Waals surface area contributed by atoms with Crippen LogP contribution in [0.2, 0.25) is 0 Å². The molecule has 1 aliphatic carbocycles. The van der Waals surface area contributed by atoms with Crippen molar-refractivity contribution >= 4 is 16.6 Å². The molecule has 108 valence electrons. The molecule has 1 aromatic heterocycles. The predicted octanol–water partition coefficient (Wildman–Crippen LogP) is 3.57.